The van der Waals surface area contributed by atoms with Crippen LogP contribution in [0.3, 0.4) is 0 Å². The zero-order valence-electron chi connectivity index (χ0n) is 13.1. The van der Waals surface area contributed by atoms with Crippen LogP contribution in [0, 0.1) is 6.92 Å². The van der Waals surface area contributed by atoms with Crippen molar-refractivity contribution in [2.75, 3.05) is 19.7 Å². The van der Waals surface area contributed by atoms with Crippen LogP contribution >= 0.6 is 0 Å². The lowest BCUT2D eigenvalue weighted by atomic mass is 10.1. The molecule has 0 saturated carbocycles. The third-order valence-corrected chi connectivity index (χ3v) is 3.49. The minimum Gasteiger partial charge on any atom is -0.496 e. The summed E-state index contributed by atoms with van der Waals surface area (Å²) >= 11 is 0. The SMILES string of the molecule is CCOC1=CC(=O)N(CCC(=O)NCc2ccc(C)cc2)C1. The van der Waals surface area contributed by atoms with Crippen molar-refractivity contribution in [2.45, 2.75) is 26.8 Å². The Balaban J connectivity index is 1.70. The molecule has 0 bridgehead atoms. The van der Waals surface area contributed by atoms with E-state index in [9.17, 15) is 9.59 Å². The summed E-state index contributed by atoms with van der Waals surface area (Å²) in [4.78, 5) is 25.2. The van der Waals surface area contributed by atoms with Crippen LogP contribution in [-0.4, -0.2) is 36.4 Å². The molecule has 1 aromatic rings. The van der Waals surface area contributed by atoms with Gasteiger partial charge in [0.2, 0.25) is 11.8 Å². The Morgan fingerprint density at radius 3 is 2.73 bits per heavy atom. The fourth-order valence-corrected chi connectivity index (χ4v) is 2.23. The first-order valence-corrected chi connectivity index (χ1v) is 7.53. The van der Waals surface area contributed by atoms with Gasteiger partial charge in [-0.15, -0.1) is 0 Å². The van der Waals surface area contributed by atoms with Gasteiger partial charge in [0.25, 0.3) is 0 Å². The summed E-state index contributed by atoms with van der Waals surface area (Å²) in [5.41, 5.74) is 2.26. The van der Waals surface area contributed by atoms with Gasteiger partial charge in [-0.3, -0.25) is 9.59 Å². The molecule has 0 aromatic heterocycles. The molecule has 5 heteroatoms. The maximum absolute atomic E-state index is 11.9. The Hall–Kier alpha value is -2.30. The number of ether oxygens (including phenoxy) is 1. The maximum atomic E-state index is 11.9. The molecule has 0 aliphatic carbocycles. The molecular weight excluding hydrogens is 280 g/mol. The molecule has 0 fully saturated rings. The van der Waals surface area contributed by atoms with Crippen molar-refractivity contribution in [1.82, 2.24) is 10.2 Å². The third-order valence-electron chi connectivity index (χ3n) is 3.49. The molecule has 2 rings (SSSR count). The number of nitrogens with one attached hydrogen (secondary N) is 1. The van der Waals surface area contributed by atoms with Gasteiger partial charge in [-0.05, 0) is 19.4 Å². The highest BCUT2D eigenvalue weighted by Crippen LogP contribution is 2.12. The molecule has 22 heavy (non-hydrogen) atoms. The van der Waals surface area contributed by atoms with Crippen LogP contribution in [0.4, 0.5) is 0 Å². The van der Waals surface area contributed by atoms with Crippen molar-refractivity contribution in [2.24, 2.45) is 0 Å². The molecule has 0 spiro atoms. The number of carbonyl (C=O) groups excluding carboxylic acids is 2. The van der Waals surface area contributed by atoms with E-state index < -0.39 is 0 Å². The van der Waals surface area contributed by atoms with Crippen LogP contribution in [0.5, 0.6) is 0 Å². The highest BCUT2D eigenvalue weighted by molar-refractivity contribution is 5.91. The lowest BCUT2D eigenvalue weighted by Gasteiger charge is -2.16. The van der Waals surface area contributed by atoms with Gasteiger partial charge < -0.3 is 15.0 Å². The fraction of sp³-hybridized carbons (Fsp3) is 0.412. The predicted octanol–water partition coefficient (Wildman–Crippen LogP) is 1.76. The third kappa shape index (κ3) is 4.62. The van der Waals surface area contributed by atoms with E-state index in [1.807, 2.05) is 38.1 Å². The summed E-state index contributed by atoms with van der Waals surface area (Å²) in [7, 11) is 0. The molecular formula is C17H22N2O3. The van der Waals surface area contributed by atoms with E-state index in [1.54, 1.807) is 4.90 Å². The molecule has 1 aromatic carbocycles. The van der Waals surface area contributed by atoms with E-state index in [0.717, 1.165) is 5.56 Å². The average Bonchev–Trinajstić information content (AvgIpc) is 2.85. The number of amides is 2. The Labute approximate surface area is 130 Å². The number of rotatable bonds is 7. The van der Waals surface area contributed by atoms with Gasteiger partial charge >= 0.3 is 0 Å². The van der Waals surface area contributed by atoms with Crippen LogP contribution in [0.1, 0.15) is 24.5 Å². The van der Waals surface area contributed by atoms with Crippen molar-refractivity contribution >= 4 is 11.8 Å². The van der Waals surface area contributed by atoms with Crippen LogP contribution in [-0.2, 0) is 20.9 Å². The van der Waals surface area contributed by atoms with E-state index >= 15 is 0 Å². The summed E-state index contributed by atoms with van der Waals surface area (Å²) in [6, 6.07) is 8.03. The number of hydrogen-bond acceptors (Lipinski definition) is 3. The molecule has 0 saturated heterocycles. The van der Waals surface area contributed by atoms with Crippen LogP contribution in [0.25, 0.3) is 0 Å². The zero-order valence-corrected chi connectivity index (χ0v) is 13.1. The molecule has 1 aliphatic heterocycles. The molecule has 5 nitrogen and oxygen atoms in total. The maximum Gasteiger partial charge on any atom is 0.250 e. The normalized spacial score (nSPS) is 14.0. The first-order valence-electron chi connectivity index (χ1n) is 7.53. The van der Waals surface area contributed by atoms with Gasteiger partial charge in [0.05, 0.1) is 13.2 Å². The van der Waals surface area contributed by atoms with E-state index in [0.29, 0.717) is 38.4 Å². The molecule has 1 N–H and O–H groups in total. The fourth-order valence-electron chi connectivity index (χ4n) is 2.23. The van der Waals surface area contributed by atoms with E-state index in [1.165, 1.54) is 11.6 Å². The van der Waals surface area contributed by atoms with Crippen LogP contribution in [0.15, 0.2) is 36.1 Å². The Morgan fingerprint density at radius 1 is 1.32 bits per heavy atom. The van der Waals surface area contributed by atoms with E-state index in [4.69, 9.17) is 4.74 Å². The van der Waals surface area contributed by atoms with Crippen LogP contribution < -0.4 is 5.32 Å². The standard InChI is InChI=1S/C17H22N2O3/c1-3-22-15-10-17(21)19(12-15)9-8-16(20)18-11-14-6-4-13(2)5-7-14/h4-7,10H,3,8-9,11-12H2,1-2H3,(H,18,20). The largest absolute Gasteiger partial charge is 0.496 e. The molecule has 0 radical (unpaired) electrons. The van der Waals surface area contributed by atoms with Crippen molar-refractivity contribution in [3.05, 3.63) is 47.2 Å². The Morgan fingerprint density at radius 2 is 2.05 bits per heavy atom. The van der Waals surface area contributed by atoms with Gasteiger partial charge in [0.1, 0.15) is 5.76 Å². The summed E-state index contributed by atoms with van der Waals surface area (Å²) in [6.45, 7) is 5.83. The predicted molar refractivity (Wildman–Crippen MR) is 83.9 cm³/mol. The van der Waals surface area contributed by atoms with Crippen molar-refractivity contribution in [3.8, 4) is 0 Å². The minimum atomic E-state index is -0.0882. The summed E-state index contributed by atoms with van der Waals surface area (Å²) in [6.07, 6.45) is 1.79. The smallest absolute Gasteiger partial charge is 0.250 e. The molecule has 118 valence electrons. The van der Waals surface area contributed by atoms with Gasteiger partial charge in [-0.1, -0.05) is 29.8 Å². The van der Waals surface area contributed by atoms with E-state index in [2.05, 4.69) is 5.32 Å². The topological polar surface area (TPSA) is 58.6 Å². The van der Waals surface area contributed by atoms with Crippen molar-refractivity contribution < 1.29 is 14.3 Å². The molecule has 1 aliphatic rings. The lowest BCUT2D eigenvalue weighted by molar-refractivity contribution is -0.126. The number of benzene rings is 1. The molecule has 0 unspecified atom stereocenters. The molecule has 2 amide bonds. The van der Waals surface area contributed by atoms with Gasteiger partial charge in [-0.25, -0.2) is 0 Å². The monoisotopic (exact) mass is 302 g/mol. The first-order chi connectivity index (χ1) is 10.6. The quantitative estimate of drug-likeness (QED) is 0.835. The summed E-state index contributed by atoms with van der Waals surface area (Å²) < 4.78 is 5.32. The minimum absolute atomic E-state index is 0.0572. The average molecular weight is 302 g/mol. The number of hydrogen-bond donors (Lipinski definition) is 1. The number of aryl methyl sites for hydroxylation is 1. The highest BCUT2D eigenvalue weighted by atomic mass is 16.5. The molecule has 0 atom stereocenters. The number of carbonyl (C=O) groups is 2. The van der Waals surface area contributed by atoms with E-state index in [-0.39, 0.29) is 11.8 Å². The van der Waals surface area contributed by atoms with Gasteiger partial charge in [0, 0.05) is 25.6 Å². The Kier molecular flexibility index (Phi) is 5.58. The second kappa shape index (κ2) is 7.64. The second-order valence-corrected chi connectivity index (χ2v) is 5.32. The zero-order chi connectivity index (χ0) is 15.9. The van der Waals surface area contributed by atoms with Crippen molar-refractivity contribution in [1.29, 1.82) is 0 Å². The first kappa shape index (κ1) is 16.1. The van der Waals surface area contributed by atoms with Gasteiger partial charge in [-0.2, -0.15) is 0 Å². The van der Waals surface area contributed by atoms with Crippen LogP contribution in [0.2, 0.25) is 0 Å². The highest BCUT2D eigenvalue weighted by Gasteiger charge is 2.22. The number of nitrogens with zero attached hydrogens (tertiary/aromatic N) is 1. The van der Waals surface area contributed by atoms with Gasteiger partial charge in [0.15, 0.2) is 0 Å². The summed E-state index contributed by atoms with van der Waals surface area (Å²) in [5, 5.41) is 2.87. The Bertz CT molecular complexity index is 564. The van der Waals surface area contributed by atoms with Crippen molar-refractivity contribution in [3.63, 3.8) is 0 Å². The summed E-state index contributed by atoms with van der Waals surface area (Å²) in [5.74, 6) is 0.528. The lowest BCUT2D eigenvalue weighted by Crippen LogP contribution is -2.32. The second-order valence-electron chi connectivity index (χ2n) is 5.32. The molecule has 1 heterocycles.